The van der Waals surface area contributed by atoms with Crippen LogP contribution >= 0.6 is 23.5 Å². The molecule has 2 aromatic heterocycles. The summed E-state index contributed by atoms with van der Waals surface area (Å²) in [6, 6.07) is 10.4. The molecule has 0 amide bonds. The molecule has 194 valence electrons. The van der Waals surface area contributed by atoms with E-state index in [0.717, 1.165) is 22.9 Å². The predicted octanol–water partition coefficient (Wildman–Crippen LogP) is 4.26. The summed E-state index contributed by atoms with van der Waals surface area (Å²) < 4.78 is 31.6. The molecule has 0 aliphatic carbocycles. The number of aryl methyl sites for hydroxylation is 1. The van der Waals surface area contributed by atoms with E-state index in [1.54, 1.807) is 44.1 Å². The number of Topliss-reactive ketones (excluding diaryl/α,β-unsaturated/α-hetero) is 1. The highest BCUT2D eigenvalue weighted by Crippen LogP contribution is 2.38. The second-order valence-corrected chi connectivity index (χ2v) is 11.3. The highest BCUT2D eigenvalue weighted by atomic mass is 32.2. The Morgan fingerprint density at radius 2 is 1.89 bits per heavy atom. The van der Waals surface area contributed by atoms with Crippen molar-refractivity contribution in [3.63, 3.8) is 0 Å². The first-order valence-electron chi connectivity index (χ1n) is 11.4. The van der Waals surface area contributed by atoms with Crippen LogP contribution in [0.25, 0.3) is 0 Å². The van der Waals surface area contributed by atoms with Gasteiger partial charge in [-0.05, 0) is 25.1 Å². The van der Waals surface area contributed by atoms with Gasteiger partial charge >= 0.3 is 0 Å². The number of halogens is 2. The summed E-state index contributed by atoms with van der Waals surface area (Å²) >= 11 is 2.80. The third-order valence-electron chi connectivity index (χ3n) is 6.03. The van der Waals surface area contributed by atoms with Gasteiger partial charge in [0.05, 0.1) is 17.5 Å². The van der Waals surface area contributed by atoms with E-state index >= 15 is 0 Å². The summed E-state index contributed by atoms with van der Waals surface area (Å²) in [5.41, 5.74) is -1.33. The monoisotopic (exact) mass is 544 g/mol. The third kappa shape index (κ3) is 6.25. The van der Waals surface area contributed by atoms with Gasteiger partial charge in [0.25, 0.3) is 0 Å². The van der Waals surface area contributed by atoms with Gasteiger partial charge in [0.15, 0.2) is 5.78 Å². The number of aliphatic hydroxyl groups is 1. The lowest BCUT2D eigenvalue weighted by molar-refractivity contribution is 0.0132. The predicted molar refractivity (Wildman–Crippen MR) is 138 cm³/mol. The van der Waals surface area contributed by atoms with Crippen molar-refractivity contribution in [2.75, 3.05) is 0 Å². The topological polar surface area (TPSA) is 98.7 Å². The molecule has 8 nitrogen and oxygen atoms in total. The molecule has 1 N–H and O–H groups in total. The zero-order chi connectivity index (χ0) is 26.6. The molecule has 37 heavy (non-hydrogen) atoms. The van der Waals surface area contributed by atoms with Crippen LogP contribution in [0.4, 0.5) is 8.78 Å². The molecule has 3 atom stereocenters. The molecular weight excluding hydrogens is 518 g/mol. The summed E-state index contributed by atoms with van der Waals surface area (Å²) in [5, 5.41) is 22.5. The third-order valence-corrected chi connectivity index (χ3v) is 8.46. The van der Waals surface area contributed by atoms with Gasteiger partial charge in [0.2, 0.25) is 0 Å². The van der Waals surface area contributed by atoms with Crippen molar-refractivity contribution < 1.29 is 18.7 Å². The molecule has 0 radical (unpaired) electrons. The number of hydrogen-bond donors (Lipinski definition) is 1. The van der Waals surface area contributed by atoms with E-state index < -0.39 is 27.7 Å². The largest absolute Gasteiger partial charge is 0.382 e. The molecule has 0 aliphatic heterocycles. The first-order valence-corrected chi connectivity index (χ1v) is 13.4. The van der Waals surface area contributed by atoms with Gasteiger partial charge < -0.3 is 9.67 Å². The van der Waals surface area contributed by atoms with E-state index in [4.69, 9.17) is 0 Å². The number of thioether (sulfide) groups is 2. The van der Waals surface area contributed by atoms with Crippen molar-refractivity contribution >= 4 is 29.3 Å². The van der Waals surface area contributed by atoms with Crippen LogP contribution in [0.5, 0.6) is 0 Å². The number of benzene rings is 2. The van der Waals surface area contributed by atoms with E-state index in [1.165, 1.54) is 35.2 Å². The van der Waals surface area contributed by atoms with Crippen LogP contribution in [0.3, 0.4) is 0 Å². The molecule has 0 spiro atoms. The second-order valence-electron chi connectivity index (χ2n) is 8.60. The van der Waals surface area contributed by atoms with E-state index in [0.29, 0.717) is 11.3 Å². The number of carbonyl (C=O) groups excluding carboxylic acids is 1. The molecule has 0 bridgehead atoms. The van der Waals surface area contributed by atoms with Crippen LogP contribution in [-0.4, -0.2) is 50.9 Å². The Morgan fingerprint density at radius 3 is 2.51 bits per heavy atom. The number of carbonyl (C=O) groups is 1. The average Bonchev–Trinajstić information content (AvgIpc) is 3.53. The van der Waals surface area contributed by atoms with E-state index in [9.17, 15) is 18.7 Å². The zero-order valence-electron chi connectivity index (χ0n) is 20.5. The minimum Gasteiger partial charge on any atom is -0.382 e. The van der Waals surface area contributed by atoms with Crippen LogP contribution in [-0.2, 0) is 24.9 Å². The maximum Gasteiger partial charge on any atom is 0.175 e. The molecular formula is C25H26F2N6O2S2. The molecule has 0 saturated carbocycles. The Morgan fingerprint density at radius 1 is 1.14 bits per heavy atom. The molecule has 0 fully saturated rings. The Hall–Kier alpha value is -3.09. The maximum atomic E-state index is 14.8. The van der Waals surface area contributed by atoms with E-state index in [2.05, 4.69) is 20.3 Å². The lowest BCUT2D eigenvalue weighted by Crippen LogP contribution is -2.42. The van der Waals surface area contributed by atoms with E-state index in [1.807, 2.05) is 23.7 Å². The molecule has 0 unspecified atom stereocenters. The van der Waals surface area contributed by atoms with Crippen molar-refractivity contribution in [1.29, 1.82) is 0 Å². The first-order chi connectivity index (χ1) is 17.7. The van der Waals surface area contributed by atoms with Crippen LogP contribution in [0.1, 0.15) is 35.6 Å². The number of nitrogens with zero attached hydrogens (tertiary/aromatic N) is 6. The lowest BCUT2D eigenvalue weighted by atomic mass is 9.90. The second kappa shape index (κ2) is 11.5. The molecule has 4 aromatic rings. The Labute approximate surface area is 221 Å². The fraction of sp³-hybridized carbons (Fsp3) is 0.320. The van der Waals surface area contributed by atoms with Crippen molar-refractivity contribution in [2.24, 2.45) is 7.05 Å². The molecule has 12 heteroatoms. The summed E-state index contributed by atoms with van der Waals surface area (Å²) in [6.45, 7) is 3.33. The smallest absolute Gasteiger partial charge is 0.175 e. The fourth-order valence-corrected chi connectivity index (χ4v) is 6.04. The van der Waals surface area contributed by atoms with Gasteiger partial charge in [0, 0.05) is 34.4 Å². The highest BCUT2D eigenvalue weighted by Gasteiger charge is 2.41. The summed E-state index contributed by atoms with van der Waals surface area (Å²) in [7, 11) is 1.88. The van der Waals surface area contributed by atoms with Gasteiger partial charge in [-0.2, -0.15) is 5.10 Å². The summed E-state index contributed by atoms with van der Waals surface area (Å²) in [6.07, 6.45) is 4.36. The van der Waals surface area contributed by atoms with Gasteiger partial charge in [-0.25, -0.2) is 18.4 Å². The van der Waals surface area contributed by atoms with Crippen LogP contribution in [0.15, 0.2) is 66.3 Å². The summed E-state index contributed by atoms with van der Waals surface area (Å²) in [4.78, 5) is 18.1. The lowest BCUT2D eigenvalue weighted by Gasteiger charge is -2.35. The average molecular weight is 545 g/mol. The van der Waals surface area contributed by atoms with Gasteiger partial charge in [-0.1, -0.05) is 25.1 Å². The number of ketones is 1. The van der Waals surface area contributed by atoms with Crippen LogP contribution in [0, 0.1) is 11.6 Å². The Bertz CT molecular complexity index is 1350. The number of hydrogen-bond acceptors (Lipinski definition) is 8. The Balaban J connectivity index is 1.47. The van der Waals surface area contributed by atoms with Gasteiger partial charge in [-0.15, -0.1) is 33.7 Å². The zero-order valence-corrected chi connectivity index (χ0v) is 22.1. The normalized spacial score (nSPS) is 14.8. The maximum absolute atomic E-state index is 14.8. The molecule has 2 aromatic carbocycles. The van der Waals surface area contributed by atoms with Crippen LogP contribution in [0.2, 0.25) is 0 Å². The standard InChI is InChI=1S/C25H26F2N6O2S2/c1-16(24(34)18-4-7-20(8-5-18)36-11-23-31-29-15-32(23)3)37-17(2)25(35,12-33-14-28-13-30-33)21-9-6-19(26)10-22(21)27/h4-10,13-17,35H,11-12H2,1-3H3/t16-,17-,25-/m1/s1. The van der Waals surface area contributed by atoms with Gasteiger partial charge in [-0.3, -0.25) is 4.79 Å². The van der Waals surface area contributed by atoms with Crippen molar-refractivity contribution in [2.45, 2.75) is 47.1 Å². The van der Waals surface area contributed by atoms with Gasteiger partial charge in [0.1, 0.15) is 42.0 Å². The molecule has 0 saturated heterocycles. The SMILES string of the molecule is C[C@@H](S[C@H](C)[C@](O)(Cn1cncn1)c1ccc(F)cc1F)C(=O)c1ccc(SCc2nncn2C)cc1. The quantitative estimate of drug-likeness (QED) is 0.221. The number of aromatic nitrogens is 6. The van der Waals surface area contributed by atoms with Crippen molar-refractivity contribution in [3.05, 3.63) is 90.0 Å². The van der Waals surface area contributed by atoms with Crippen molar-refractivity contribution in [1.82, 2.24) is 29.5 Å². The Kier molecular flexibility index (Phi) is 8.40. The first kappa shape index (κ1) is 27.0. The fourth-order valence-electron chi connectivity index (χ4n) is 3.85. The molecule has 4 rings (SSSR count). The molecule has 0 aliphatic rings. The minimum absolute atomic E-state index is 0.0756. The van der Waals surface area contributed by atoms with Crippen LogP contribution < -0.4 is 0 Å². The number of rotatable bonds is 11. The van der Waals surface area contributed by atoms with E-state index in [-0.39, 0.29) is 17.9 Å². The highest BCUT2D eigenvalue weighted by molar-refractivity contribution is 8.01. The summed E-state index contributed by atoms with van der Waals surface area (Å²) in [5.74, 6) is -0.239. The minimum atomic E-state index is -1.79. The molecule has 2 heterocycles. The van der Waals surface area contributed by atoms with Crippen molar-refractivity contribution in [3.8, 4) is 0 Å².